The van der Waals surface area contributed by atoms with Crippen molar-refractivity contribution < 1.29 is 33.0 Å². The van der Waals surface area contributed by atoms with Gasteiger partial charge in [-0.25, -0.2) is 9.55 Å². The lowest BCUT2D eigenvalue weighted by Crippen LogP contribution is -2.36. The van der Waals surface area contributed by atoms with Gasteiger partial charge in [-0.1, -0.05) is 66.7 Å². The average Bonchev–Trinajstić information content (AvgIpc) is 3.62. The molecule has 3 heterocycles. The standard InChI is InChI=1S/C30H31N6O8P/c1-18(29(39)41-15-19-8-3-2-4-9-19)35-45(40,44-23-13-7-11-20-10-5-6-12-21(20)23)42-16-24-22(37)14-25(43-24)36-17-32-26-27(36)33-30(31)34-28(26)38/h2-13,17-18,22,24-25,37H,14-16H2,1H3,(H,35,40)(H3,31,33,34,38)/t18-,22+,24?,25+,45?/m0/s1. The van der Waals surface area contributed by atoms with Crippen molar-refractivity contribution in [2.75, 3.05) is 12.3 Å². The molecule has 1 aliphatic heterocycles. The second-order valence-corrected chi connectivity index (χ2v) is 12.2. The highest BCUT2D eigenvalue weighted by Gasteiger charge is 2.40. The molecule has 2 unspecified atom stereocenters. The Morgan fingerprint density at radius 3 is 2.76 bits per heavy atom. The number of nitrogens with two attached hydrogens (primary N) is 1. The molecule has 15 heteroatoms. The summed E-state index contributed by atoms with van der Waals surface area (Å²) in [7, 11) is -4.30. The van der Waals surface area contributed by atoms with E-state index in [-0.39, 0.29) is 42.5 Å². The molecule has 0 radical (unpaired) electrons. The van der Waals surface area contributed by atoms with E-state index < -0.39 is 43.8 Å². The number of aliphatic hydroxyl groups is 1. The van der Waals surface area contributed by atoms with Crippen LogP contribution in [0.2, 0.25) is 0 Å². The minimum Gasteiger partial charge on any atom is -0.460 e. The second-order valence-electron chi connectivity index (χ2n) is 10.5. The monoisotopic (exact) mass is 634 g/mol. The van der Waals surface area contributed by atoms with Gasteiger partial charge in [-0.05, 0) is 23.9 Å². The molecule has 5 N–H and O–H groups in total. The number of aliphatic hydroxyl groups excluding tert-OH is 1. The average molecular weight is 635 g/mol. The molecular formula is C30H31N6O8P. The summed E-state index contributed by atoms with van der Waals surface area (Å²) in [5.41, 5.74) is 6.23. The molecule has 5 aromatic rings. The van der Waals surface area contributed by atoms with E-state index in [1.165, 1.54) is 17.8 Å². The quantitative estimate of drug-likeness (QED) is 0.122. The Morgan fingerprint density at radius 1 is 1.18 bits per heavy atom. The van der Waals surface area contributed by atoms with Crippen LogP contribution in [0.3, 0.4) is 0 Å². The number of nitrogen functional groups attached to an aromatic ring is 1. The number of hydrogen-bond acceptors (Lipinski definition) is 11. The summed E-state index contributed by atoms with van der Waals surface area (Å²) in [5, 5.41) is 15.0. The van der Waals surface area contributed by atoms with Crippen LogP contribution in [0.25, 0.3) is 21.9 Å². The third-order valence-electron chi connectivity index (χ3n) is 7.27. The fraction of sp³-hybridized carbons (Fsp3) is 0.267. The van der Waals surface area contributed by atoms with E-state index >= 15 is 0 Å². The van der Waals surface area contributed by atoms with E-state index in [9.17, 15) is 19.3 Å². The molecule has 0 amide bonds. The van der Waals surface area contributed by atoms with Crippen LogP contribution in [0.15, 0.2) is 83.9 Å². The summed E-state index contributed by atoms with van der Waals surface area (Å²) in [4.78, 5) is 35.7. The summed E-state index contributed by atoms with van der Waals surface area (Å²) < 4.78 is 39.0. The highest BCUT2D eigenvalue weighted by Crippen LogP contribution is 2.47. The predicted octanol–water partition coefficient (Wildman–Crippen LogP) is 3.43. The van der Waals surface area contributed by atoms with Crippen LogP contribution in [0.5, 0.6) is 5.75 Å². The zero-order valence-electron chi connectivity index (χ0n) is 24.1. The number of ether oxygens (including phenoxy) is 2. The van der Waals surface area contributed by atoms with Gasteiger partial charge in [-0.3, -0.25) is 23.7 Å². The SMILES string of the molecule is C[C@H](NP(=O)(OCC1O[C@@H](n2cnc3c(=O)[nH]c(N)nc32)C[C@H]1O)Oc1cccc2ccccc12)C(=O)OCc1ccccc1. The van der Waals surface area contributed by atoms with Crippen LogP contribution in [0.4, 0.5) is 5.95 Å². The molecule has 5 atom stereocenters. The Balaban J connectivity index is 1.19. The Hall–Kier alpha value is -4.59. The van der Waals surface area contributed by atoms with Crippen molar-refractivity contribution in [3.05, 3.63) is 95.0 Å². The third-order valence-corrected chi connectivity index (χ3v) is 8.90. The molecule has 1 aliphatic rings. The number of esters is 1. The number of fused-ring (bicyclic) bond motifs is 2. The molecule has 6 rings (SSSR count). The fourth-order valence-corrected chi connectivity index (χ4v) is 6.52. The van der Waals surface area contributed by atoms with Crippen molar-refractivity contribution in [3.8, 4) is 5.75 Å². The fourth-order valence-electron chi connectivity index (χ4n) is 5.00. The van der Waals surface area contributed by atoms with Crippen LogP contribution in [0, 0.1) is 0 Å². The number of rotatable bonds is 11. The highest BCUT2D eigenvalue weighted by molar-refractivity contribution is 7.52. The molecule has 1 saturated heterocycles. The normalized spacial score (nSPS) is 20.2. The smallest absolute Gasteiger partial charge is 0.459 e. The van der Waals surface area contributed by atoms with E-state index in [0.29, 0.717) is 5.39 Å². The van der Waals surface area contributed by atoms with E-state index in [0.717, 1.165) is 10.9 Å². The molecule has 3 aromatic carbocycles. The lowest BCUT2D eigenvalue weighted by Gasteiger charge is -2.25. The first-order chi connectivity index (χ1) is 21.7. The number of aromatic amines is 1. The number of nitrogens with one attached hydrogen (secondary N) is 2. The Labute approximate surface area is 256 Å². The Morgan fingerprint density at radius 2 is 1.93 bits per heavy atom. The van der Waals surface area contributed by atoms with Gasteiger partial charge in [0.1, 0.15) is 30.7 Å². The highest BCUT2D eigenvalue weighted by atomic mass is 31.2. The zero-order valence-corrected chi connectivity index (χ0v) is 25.0. The van der Waals surface area contributed by atoms with Gasteiger partial charge in [0, 0.05) is 11.8 Å². The lowest BCUT2D eigenvalue weighted by molar-refractivity contribution is -0.146. The number of imidazole rings is 1. The number of carbonyl (C=O) groups is 1. The molecule has 14 nitrogen and oxygen atoms in total. The van der Waals surface area contributed by atoms with Crippen LogP contribution in [-0.2, 0) is 30.0 Å². The van der Waals surface area contributed by atoms with E-state index in [1.807, 2.05) is 60.7 Å². The number of nitrogens with zero attached hydrogens (tertiary/aromatic N) is 3. The van der Waals surface area contributed by atoms with Crippen molar-refractivity contribution >= 4 is 41.6 Å². The molecular weight excluding hydrogens is 603 g/mol. The summed E-state index contributed by atoms with van der Waals surface area (Å²) in [5.74, 6) is -0.504. The van der Waals surface area contributed by atoms with Crippen molar-refractivity contribution in [2.24, 2.45) is 0 Å². The van der Waals surface area contributed by atoms with E-state index in [2.05, 4.69) is 20.0 Å². The number of carbonyl (C=O) groups excluding carboxylic acids is 1. The van der Waals surface area contributed by atoms with E-state index in [1.54, 1.807) is 12.1 Å². The van der Waals surface area contributed by atoms with Gasteiger partial charge in [0.2, 0.25) is 5.95 Å². The van der Waals surface area contributed by atoms with Gasteiger partial charge in [0.25, 0.3) is 5.56 Å². The van der Waals surface area contributed by atoms with Crippen molar-refractivity contribution in [1.29, 1.82) is 0 Å². The maximum atomic E-state index is 14.3. The molecule has 0 aliphatic carbocycles. The zero-order chi connectivity index (χ0) is 31.6. The molecule has 45 heavy (non-hydrogen) atoms. The third kappa shape index (κ3) is 6.75. The minimum atomic E-state index is -4.30. The van der Waals surface area contributed by atoms with Crippen LogP contribution in [-0.4, -0.2) is 55.5 Å². The van der Waals surface area contributed by atoms with Crippen LogP contribution < -0.4 is 20.9 Å². The van der Waals surface area contributed by atoms with Gasteiger partial charge in [0.15, 0.2) is 11.2 Å². The Kier molecular flexibility index (Phi) is 8.65. The van der Waals surface area contributed by atoms with Gasteiger partial charge < -0.3 is 24.8 Å². The predicted molar refractivity (Wildman–Crippen MR) is 164 cm³/mol. The maximum Gasteiger partial charge on any atom is 0.459 e. The summed E-state index contributed by atoms with van der Waals surface area (Å²) in [6.07, 6.45) is -1.32. The minimum absolute atomic E-state index is 0.0276. The lowest BCUT2D eigenvalue weighted by atomic mass is 10.1. The van der Waals surface area contributed by atoms with Gasteiger partial charge in [-0.15, -0.1) is 0 Å². The Bertz CT molecular complexity index is 1930. The second kappa shape index (κ2) is 12.8. The molecule has 0 saturated carbocycles. The first-order valence-corrected chi connectivity index (χ1v) is 15.7. The van der Waals surface area contributed by atoms with Gasteiger partial charge in [0.05, 0.1) is 19.0 Å². The topological polar surface area (TPSA) is 193 Å². The number of H-pyrrole nitrogens is 1. The number of anilines is 1. The summed E-state index contributed by atoms with van der Waals surface area (Å²) >= 11 is 0. The van der Waals surface area contributed by atoms with Crippen LogP contribution in [0.1, 0.15) is 25.1 Å². The number of aromatic nitrogens is 4. The summed E-state index contributed by atoms with van der Waals surface area (Å²) in [6, 6.07) is 20.7. The molecule has 0 spiro atoms. The first-order valence-electron chi connectivity index (χ1n) is 14.2. The van der Waals surface area contributed by atoms with Crippen molar-refractivity contribution in [2.45, 2.75) is 44.4 Å². The van der Waals surface area contributed by atoms with E-state index in [4.69, 9.17) is 24.3 Å². The van der Waals surface area contributed by atoms with Crippen molar-refractivity contribution in [1.82, 2.24) is 24.6 Å². The summed E-state index contributed by atoms with van der Waals surface area (Å²) in [6.45, 7) is 1.14. The number of hydrogen-bond donors (Lipinski definition) is 4. The largest absolute Gasteiger partial charge is 0.460 e. The molecule has 0 bridgehead atoms. The molecule has 234 valence electrons. The van der Waals surface area contributed by atoms with Gasteiger partial charge >= 0.3 is 13.7 Å². The van der Waals surface area contributed by atoms with Gasteiger partial charge in [-0.2, -0.15) is 10.1 Å². The molecule has 1 fully saturated rings. The molecule has 2 aromatic heterocycles. The maximum absolute atomic E-state index is 14.3. The number of benzene rings is 3. The first kappa shape index (κ1) is 30.4. The van der Waals surface area contributed by atoms with Crippen LogP contribution >= 0.6 is 7.75 Å². The van der Waals surface area contributed by atoms with Crippen molar-refractivity contribution in [3.63, 3.8) is 0 Å².